The molecule has 0 aliphatic heterocycles. The largest absolute Gasteiger partial charge is 0.493 e. The van der Waals surface area contributed by atoms with E-state index in [9.17, 15) is 0 Å². The molecular formula is C20H21Cl2N3OS. The molecule has 3 rings (SSSR count). The van der Waals surface area contributed by atoms with E-state index in [1.54, 1.807) is 11.8 Å². The highest BCUT2D eigenvalue weighted by Crippen LogP contribution is 2.23. The lowest BCUT2D eigenvalue weighted by atomic mass is 10.2. The van der Waals surface area contributed by atoms with Gasteiger partial charge in [-0.2, -0.15) is 0 Å². The minimum atomic E-state index is 0.628. The molecule has 0 fully saturated rings. The van der Waals surface area contributed by atoms with Crippen molar-refractivity contribution in [2.45, 2.75) is 30.7 Å². The smallest absolute Gasteiger partial charge is 0.191 e. The standard InChI is InChI=1S/C20H21Cl2N3OS/c1-14-12-17(22)9-10-18(14)26-11-3-4-19-23-24-20(25(19)2)27-13-15-5-7-16(21)8-6-15/h5-10,12H,3-4,11,13H2,1-2H3. The van der Waals surface area contributed by atoms with Gasteiger partial charge in [0.2, 0.25) is 0 Å². The third kappa shape index (κ3) is 5.64. The lowest BCUT2D eigenvalue weighted by molar-refractivity contribution is 0.307. The summed E-state index contributed by atoms with van der Waals surface area (Å²) in [5.74, 6) is 2.67. The first-order valence-corrected chi connectivity index (χ1v) is 10.4. The minimum absolute atomic E-state index is 0.628. The molecule has 0 spiro atoms. The summed E-state index contributed by atoms with van der Waals surface area (Å²) >= 11 is 13.6. The number of hydrogen-bond donors (Lipinski definition) is 0. The average molecular weight is 422 g/mol. The van der Waals surface area contributed by atoms with Crippen molar-refractivity contribution in [3.63, 3.8) is 0 Å². The molecule has 142 valence electrons. The third-order valence-corrected chi connectivity index (χ3v) is 5.72. The zero-order valence-corrected chi connectivity index (χ0v) is 17.6. The van der Waals surface area contributed by atoms with Crippen LogP contribution in [0.3, 0.4) is 0 Å². The fraction of sp³-hybridized carbons (Fsp3) is 0.300. The lowest BCUT2D eigenvalue weighted by Gasteiger charge is -2.09. The van der Waals surface area contributed by atoms with E-state index in [4.69, 9.17) is 27.9 Å². The highest BCUT2D eigenvalue weighted by molar-refractivity contribution is 7.98. The molecule has 0 unspecified atom stereocenters. The number of ether oxygens (including phenoxy) is 1. The summed E-state index contributed by atoms with van der Waals surface area (Å²) < 4.78 is 7.89. The summed E-state index contributed by atoms with van der Waals surface area (Å²) in [4.78, 5) is 0. The van der Waals surface area contributed by atoms with Gasteiger partial charge in [0.05, 0.1) is 6.61 Å². The Kier molecular flexibility index (Phi) is 7.05. The van der Waals surface area contributed by atoms with E-state index < -0.39 is 0 Å². The van der Waals surface area contributed by atoms with Crippen LogP contribution >= 0.6 is 35.0 Å². The van der Waals surface area contributed by atoms with Gasteiger partial charge in [-0.1, -0.05) is 47.1 Å². The summed E-state index contributed by atoms with van der Waals surface area (Å²) in [6.07, 6.45) is 1.69. The number of benzene rings is 2. The Balaban J connectivity index is 1.47. The number of halogens is 2. The van der Waals surface area contributed by atoms with Crippen LogP contribution in [0.1, 0.15) is 23.4 Å². The molecule has 0 aliphatic rings. The molecule has 0 atom stereocenters. The molecule has 1 aromatic heterocycles. The maximum Gasteiger partial charge on any atom is 0.191 e. The first-order chi connectivity index (χ1) is 13.0. The van der Waals surface area contributed by atoms with E-state index in [0.717, 1.165) is 50.9 Å². The van der Waals surface area contributed by atoms with Gasteiger partial charge in [-0.05, 0) is 54.8 Å². The molecule has 0 aliphatic carbocycles. The predicted molar refractivity (Wildman–Crippen MR) is 112 cm³/mol. The van der Waals surface area contributed by atoms with Crippen molar-refractivity contribution in [1.82, 2.24) is 14.8 Å². The zero-order chi connectivity index (χ0) is 19.2. The quantitative estimate of drug-likeness (QED) is 0.343. The summed E-state index contributed by atoms with van der Waals surface area (Å²) in [6.45, 7) is 2.62. The van der Waals surface area contributed by atoms with Crippen molar-refractivity contribution < 1.29 is 4.74 Å². The molecule has 3 aromatic rings. The molecular weight excluding hydrogens is 401 g/mol. The van der Waals surface area contributed by atoms with Gasteiger partial charge in [-0.15, -0.1) is 10.2 Å². The molecule has 0 saturated carbocycles. The molecule has 0 saturated heterocycles. The molecule has 7 heteroatoms. The zero-order valence-electron chi connectivity index (χ0n) is 15.3. The van der Waals surface area contributed by atoms with Gasteiger partial charge in [0.1, 0.15) is 11.6 Å². The van der Waals surface area contributed by atoms with Crippen molar-refractivity contribution in [2.24, 2.45) is 7.05 Å². The molecule has 0 bridgehead atoms. The van der Waals surface area contributed by atoms with Crippen LogP contribution in [-0.2, 0) is 19.2 Å². The number of aryl methyl sites for hydroxylation is 2. The van der Waals surface area contributed by atoms with E-state index in [-0.39, 0.29) is 0 Å². The second-order valence-corrected chi connectivity index (χ2v) is 8.05. The van der Waals surface area contributed by atoms with Gasteiger partial charge in [0.15, 0.2) is 5.16 Å². The van der Waals surface area contributed by atoms with Gasteiger partial charge in [0.25, 0.3) is 0 Å². The molecule has 0 amide bonds. The Hall–Kier alpha value is -1.69. The first-order valence-electron chi connectivity index (χ1n) is 8.67. The van der Waals surface area contributed by atoms with Crippen molar-refractivity contribution in [3.8, 4) is 5.75 Å². The average Bonchev–Trinajstić information content (AvgIpc) is 3.00. The first kappa shape index (κ1) is 20.1. The van der Waals surface area contributed by atoms with E-state index in [1.165, 1.54) is 5.56 Å². The molecule has 27 heavy (non-hydrogen) atoms. The van der Waals surface area contributed by atoms with Crippen LogP contribution in [0.2, 0.25) is 10.0 Å². The monoisotopic (exact) mass is 421 g/mol. The fourth-order valence-corrected chi connectivity index (χ4v) is 3.84. The number of hydrogen-bond acceptors (Lipinski definition) is 4. The Bertz CT molecular complexity index is 897. The second kappa shape index (κ2) is 9.49. The molecule has 4 nitrogen and oxygen atoms in total. The van der Waals surface area contributed by atoms with Crippen molar-refractivity contribution in [1.29, 1.82) is 0 Å². The maximum atomic E-state index is 5.97. The topological polar surface area (TPSA) is 39.9 Å². The number of aromatic nitrogens is 3. The number of nitrogens with zero attached hydrogens (tertiary/aromatic N) is 3. The molecule has 2 aromatic carbocycles. The summed E-state index contributed by atoms with van der Waals surface area (Å²) in [5, 5.41) is 11.0. The van der Waals surface area contributed by atoms with Gasteiger partial charge in [-0.25, -0.2) is 0 Å². The van der Waals surface area contributed by atoms with Crippen LogP contribution in [-0.4, -0.2) is 21.4 Å². The highest BCUT2D eigenvalue weighted by Gasteiger charge is 2.10. The summed E-state index contributed by atoms with van der Waals surface area (Å²) in [6, 6.07) is 13.5. The van der Waals surface area contributed by atoms with Crippen LogP contribution in [0.15, 0.2) is 47.6 Å². The van der Waals surface area contributed by atoms with Crippen LogP contribution < -0.4 is 4.74 Å². The van der Waals surface area contributed by atoms with Crippen LogP contribution in [0.25, 0.3) is 0 Å². The lowest BCUT2D eigenvalue weighted by Crippen LogP contribution is -2.04. The van der Waals surface area contributed by atoms with Gasteiger partial charge >= 0.3 is 0 Å². The second-order valence-electron chi connectivity index (χ2n) is 6.23. The van der Waals surface area contributed by atoms with Crippen LogP contribution in [0.4, 0.5) is 0 Å². The van der Waals surface area contributed by atoms with E-state index >= 15 is 0 Å². The summed E-state index contributed by atoms with van der Waals surface area (Å²) in [5.41, 5.74) is 2.25. The Morgan fingerprint density at radius 1 is 1.04 bits per heavy atom. The fourth-order valence-electron chi connectivity index (χ4n) is 2.60. The molecule has 1 heterocycles. The minimum Gasteiger partial charge on any atom is -0.493 e. The van der Waals surface area contributed by atoms with E-state index in [0.29, 0.717) is 6.61 Å². The predicted octanol–water partition coefficient (Wildman–Crippen LogP) is 5.73. The number of rotatable bonds is 8. The Labute approximate surface area is 173 Å². The molecule has 0 N–H and O–H groups in total. The van der Waals surface area contributed by atoms with Gasteiger partial charge in [0, 0.05) is 29.3 Å². The van der Waals surface area contributed by atoms with Crippen molar-refractivity contribution >= 4 is 35.0 Å². The maximum absolute atomic E-state index is 5.97. The van der Waals surface area contributed by atoms with Gasteiger partial charge < -0.3 is 9.30 Å². The highest BCUT2D eigenvalue weighted by atomic mass is 35.5. The summed E-state index contributed by atoms with van der Waals surface area (Å²) in [7, 11) is 2.00. The Morgan fingerprint density at radius 3 is 2.52 bits per heavy atom. The van der Waals surface area contributed by atoms with Gasteiger partial charge in [-0.3, -0.25) is 0 Å². The number of thioether (sulfide) groups is 1. The van der Waals surface area contributed by atoms with Crippen molar-refractivity contribution in [2.75, 3.05) is 6.61 Å². The molecule has 0 radical (unpaired) electrons. The normalized spacial score (nSPS) is 11.0. The van der Waals surface area contributed by atoms with E-state index in [2.05, 4.69) is 10.2 Å². The Morgan fingerprint density at radius 2 is 1.78 bits per heavy atom. The van der Waals surface area contributed by atoms with Crippen LogP contribution in [0, 0.1) is 6.92 Å². The third-order valence-electron chi connectivity index (χ3n) is 4.15. The van der Waals surface area contributed by atoms with Crippen molar-refractivity contribution in [3.05, 3.63) is 69.5 Å². The SMILES string of the molecule is Cc1cc(Cl)ccc1OCCCc1nnc(SCc2ccc(Cl)cc2)n1C. The van der Waals surface area contributed by atoms with E-state index in [1.807, 2.05) is 61.0 Å². The van der Waals surface area contributed by atoms with Crippen LogP contribution in [0.5, 0.6) is 5.75 Å².